The largest absolute Gasteiger partial charge is 0.467 e. The van der Waals surface area contributed by atoms with E-state index in [2.05, 4.69) is 44.4 Å². The number of hydrogen-bond acceptors (Lipinski definition) is 7. The molecule has 0 aliphatic rings. The fraction of sp³-hybridized carbons (Fsp3) is 0.583. The third kappa shape index (κ3) is 3.19. The average molecular weight is 277 g/mol. The molecule has 0 atom stereocenters. The molecule has 0 aliphatic heterocycles. The van der Waals surface area contributed by atoms with Gasteiger partial charge >= 0.3 is 6.01 Å². The van der Waals surface area contributed by atoms with Crippen molar-refractivity contribution >= 4 is 5.95 Å². The van der Waals surface area contributed by atoms with E-state index in [9.17, 15) is 0 Å². The van der Waals surface area contributed by atoms with Gasteiger partial charge in [-0.3, -0.25) is 0 Å². The first kappa shape index (κ1) is 14.2. The lowest BCUT2D eigenvalue weighted by Crippen LogP contribution is -2.09. The van der Waals surface area contributed by atoms with E-state index in [1.165, 1.54) is 7.11 Å². The van der Waals surface area contributed by atoms with E-state index in [1.54, 1.807) is 10.9 Å². The molecule has 20 heavy (non-hydrogen) atoms. The van der Waals surface area contributed by atoms with E-state index in [1.807, 2.05) is 0 Å². The molecule has 0 aromatic carbocycles. The average Bonchev–Trinajstić information content (AvgIpc) is 2.93. The number of ether oxygens (including phenoxy) is 1. The Hall–Kier alpha value is -2.25. The molecule has 0 radical (unpaired) electrons. The molecular formula is C12H19N7O. The van der Waals surface area contributed by atoms with Crippen molar-refractivity contribution in [3.63, 3.8) is 0 Å². The van der Waals surface area contributed by atoms with Gasteiger partial charge in [-0.1, -0.05) is 19.1 Å². The predicted octanol–water partition coefficient (Wildman–Crippen LogP) is 1.37. The highest BCUT2D eigenvalue weighted by Crippen LogP contribution is 2.17. The second-order valence-electron chi connectivity index (χ2n) is 4.24. The molecule has 2 rings (SSSR count). The lowest BCUT2D eigenvalue weighted by atomic mass is 10.4. The van der Waals surface area contributed by atoms with Gasteiger partial charge in [0.1, 0.15) is 5.69 Å². The molecular weight excluding hydrogens is 258 g/mol. The topological polar surface area (TPSA) is 90.6 Å². The van der Waals surface area contributed by atoms with E-state index >= 15 is 0 Å². The van der Waals surface area contributed by atoms with Crippen LogP contribution in [0.15, 0.2) is 6.20 Å². The van der Waals surface area contributed by atoms with Crippen LogP contribution in [0, 0.1) is 0 Å². The highest BCUT2D eigenvalue weighted by Gasteiger charge is 2.13. The number of anilines is 1. The van der Waals surface area contributed by atoms with E-state index in [0.29, 0.717) is 11.8 Å². The number of nitrogens with one attached hydrogen (secondary N) is 1. The molecule has 0 saturated carbocycles. The number of aromatic nitrogens is 6. The Morgan fingerprint density at radius 1 is 1.20 bits per heavy atom. The number of nitrogens with zero attached hydrogens (tertiary/aromatic N) is 6. The van der Waals surface area contributed by atoms with Crippen LogP contribution in [0.5, 0.6) is 6.01 Å². The van der Waals surface area contributed by atoms with Crippen LogP contribution in [0.4, 0.5) is 5.95 Å². The lowest BCUT2D eigenvalue weighted by Gasteiger charge is -2.08. The van der Waals surface area contributed by atoms with Crippen LogP contribution in [0.1, 0.15) is 26.7 Å². The number of hydrogen-bond donors (Lipinski definition) is 1. The van der Waals surface area contributed by atoms with Crippen LogP contribution in [-0.2, 0) is 6.54 Å². The Morgan fingerprint density at radius 3 is 2.75 bits per heavy atom. The van der Waals surface area contributed by atoms with Crippen LogP contribution in [0.2, 0.25) is 0 Å². The third-order valence-corrected chi connectivity index (χ3v) is 2.61. The monoisotopic (exact) mass is 277 g/mol. The van der Waals surface area contributed by atoms with Crippen molar-refractivity contribution in [2.75, 3.05) is 19.0 Å². The summed E-state index contributed by atoms with van der Waals surface area (Å²) in [5, 5.41) is 11.1. The lowest BCUT2D eigenvalue weighted by molar-refractivity contribution is 0.379. The molecule has 0 saturated heterocycles. The first-order chi connectivity index (χ1) is 9.78. The fourth-order valence-electron chi connectivity index (χ4n) is 1.69. The Morgan fingerprint density at radius 2 is 2.05 bits per heavy atom. The van der Waals surface area contributed by atoms with E-state index in [-0.39, 0.29) is 6.01 Å². The van der Waals surface area contributed by atoms with E-state index in [4.69, 9.17) is 4.74 Å². The molecule has 0 bridgehead atoms. The van der Waals surface area contributed by atoms with Gasteiger partial charge in [-0.05, 0) is 12.8 Å². The SMILES string of the molecule is CCCNc1nc(OC)nc(-c2cnnn2CCC)n1. The minimum absolute atomic E-state index is 0.276. The summed E-state index contributed by atoms with van der Waals surface area (Å²) in [6.45, 7) is 5.71. The van der Waals surface area contributed by atoms with Gasteiger partial charge in [-0.15, -0.1) is 5.10 Å². The molecule has 0 aliphatic carbocycles. The van der Waals surface area contributed by atoms with Crippen molar-refractivity contribution in [3.8, 4) is 17.5 Å². The molecule has 108 valence electrons. The van der Waals surface area contributed by atoms with E-state index < -0.39 is 0 Å². The minimum atomic E-state index is 0.276. The minimum Gasteiger partial charge on any atom is -0.467 e. The van der Waals surface area contributed by atoms with Gasteiger partial charge in [-0.25, -0.2) is 4.68 Å². The maximum absolute atomic E-state index is 5.12. The standard InChI is InChI=1S/C12H19N7O/c1-4-6-13-11-15-10(16-12(17-11)20-3)9-8-14-18-19(9)7-5-2/h8H,4-7H2,1-3H3,(H,13,15,16,17). The molecule has 0 spiro atoms. The van der Waals surface area contributed by atoms with Crippen LogP contribution in [0.3, 0.4) is 0 Å². The summed E-state index contributed by atoms with van der Waals surface area (Å²) >= 11 is 0. The van der Waals surface area contributed by atoms with Gasteiger partial charge < -0.3 is 10.1 Å². The fourth-order valence-corrected chi connectivity index (χ4v) is 1.69. The molecule has 2 heterocycles. The highest BCUT2D eigenvalue weighted by atomic mass is 16.5. The third-order valence-electron chi connectivity index (χ3n) is 2.61. The zero-order chi connectivity index (χ0) is 14.4. The summed E-state index contributed by atoms with van der Waals surface area (Å²) in [5.41, 5.74) is 0.757. The van der Waals surface area contributed by atoms with Crippen LogP contribution < -0.4 is 10.1 Å². The second kappa shape index (κ2) is 6.78. The maximum Gasteiger partial charge on any atom is 0.321 e. The van der Waals surface area contributed by atoms with Crippen molar-refractivity contribution < 1.29 is 4.74 Å². The molecule has 0 fully saturated rings. The molecule has 0 unspecified atom stereocenters. The maximum atomic E-state index is 5.12. The summed E-state index contributed by atoms with van der Waals surface area (Å²) in [6, 6.07) is 0.276. The summed E-state index contributed by atoms with van der Waals surface area (Å²) < 4.78 is 6.90. The highest BCUT2D eigenvalue weighted by molar-refractivity contribution is 5.50. The first-order valence-corrected chi connectivity index (χ1v) is 6.71. The smallest absolute Gasteiger partial charge is 0.321 e. The molecule has 8 nitrogen and oxygen atoms in total. The van der Waals surface area contributed by atoms with Crippen molar-refractivity contribution in [2.24, 2.45) is 0 Å². The van der Waals surface area contributed by atoms with Gasteiger partial charge in [0, 0.05) is 13.1 Å². The normalized spacial score (nSPS) is 10.6. The number of rotatable bonds is 7. The van der Waals surface area contributed by atoms with Crippen LogP contribution >= 0.6 is 0 Å². The summed E-state index contributed by atoms with van der Waals surface area (Å²) in [4.78, 5) is 12.8. The van der Waals surface area contributed by atoms with Crippen LogP contribution in [0.25, 0.3) is 11.5 Å². The summed E-state index contributed by atoms with van der Waals surface area (Å²) in [6.07, 6.45) is 3.59. The Kier molecular flexibility index (Phi) is 4.80. The van der Waals surface area contributed by atoms with Crippen molar-refractivity contribution in [1.29, 1.82) is 0 Å². The summed E-state index contributed by atoms with van der Waals surface area (Å²) in [5.74, 6) is 1.01. The molecule has 8 heteroatoms. The predicted molar refractivity (Wildman–Crippen MR) is 74.5 cm³/mol. The van der Waals surface area contributed by atoms with Gasteiger partial charge in [-0.2, -0.15) is 15.0 Å². The van der Waals surface area contributed by atoms with Gasteiger partial charge in [0.25, 0.3) is 0 Å². The van der Waals surface area contributed by atoms with Crippen molar-refractivity contribution in [2.45, 2.75) is 33.2 Å². The first-order valence-electron chi connectivity index (χ1n) is 6.71. The summed E-state index contributed by atoms with van der Waals surface area (Å²) in [7, 11) is 1.53. The number of aryl methyl sites for hydroxylation is 1. The van der Waals surface area contributed by atoms with E-state index in [0.717, 1.165) is 31.6 Å². The zero-order valence-electron chi connectivity index (χ0n) is 12.0. The van der Waals surface area contributed by atoms with Crippen molar-refractivity contribution in [1.82, 2.24) is 29.9 Å². The second-order valence-corrected chi connectivity index (χ2v) is 4.24. The van der Waals surface area contributed by atoms with Gasteiger partial charge in [0.05, 0.1) is 13.3 Å². The Balaban J connectivity index is 2.36. The molecule has 2 aromatic rings. The van der Waals surface area contributed by atoms with Crippen LogP contribution in [-0.4, -0.2) is 43.6 Å². The quantitative estimate of drug-likeness (QED) is 0.817. The van der Waals surface area contributed by atoms with Gasteiger partial charge in [0.15, 0.2) is 5.82 Å². The number of methoxy groups -OCH3 is 1. The Labute approximate surface area is 117 Å². The molecule has 0 amide bonds. The Bertz CT molecular complexity index is 554. The molecule has 1 N–H and O–H groups in total. The molecule has 2 aromatic heterocycles. The zero-order valence-corrected chi connectivity index (χ0v) is 12.0. The van der Waals surface area contributed by atoms with Crippen molar-refractivity contribution in [3.05, 3.63) is 6.20 Å². The van der Waals surface area contributed by atoms with Gasteiger partial charge in [0.2, 0.25) is 5.95 Å².